The molecule has 24 heavy (non-hydrogen) atoms. The number of methoxy groups -OCH3 is 1. The quantitative estimate of drug-likeness (QED) is 0.726. The molecule has 0 amide bonds. The fourth-order valence-corrected chi connectivity index (χ4v) is 2.76. The summed E-state index contributed by atoms with van der Waals surface area (Å²) in [6.07, 6.45) is -0.741. The molecule has 1 atom stereocenters. The highest BCUT2D eigenvalue weighted by Crippen LogP contribution is 2.25. The van der Waals surface area contributed by atoms with Crippen molar-refractivity contribution in [3.63, 3.8) is 0 Å². The number of rotatable bonds is 6. The van der Waals surface area contributed by atoms with Crippen molar-refractivity contribution in [2.24, 2.45) is 7.05 Å². The first kappa shape index (κ1) is 16.1. The first-order valence-electron chi connectivity index (χ1n) is 7.74. The lowest BCUT2D eigenvalue weighted by atomic mass is 10.3. The van der Waals surface area contributed by atoms with Crippen LogP contribution in [-0.2, 0) is 13.6 Å². The standard InChI is InChI=1S/C18H21N3O3/c1-20-14-7-3-4-8-15(14)21(18(20)19)11-13(22)12-24-17-10-6-5-9-16(17)23-2/h3-10,13,19,22H,11-12H2,1-2H3. The van der Waals surface area contributed by atoms with Gasteiger partial charge in [0.1, 0.15) is 12.7 Å². The van der Waals surface area contributed by atoms with Gasteiger partial charge in [0.15, 0.2) is 11.5 Å². The molecule has 126 valence electrons. The third kappa shape index (κ3) is 3.00. The predicted molar refractivity (Wildman–Crippen MR) is 91.3 cm³/mol. The Bertz CT molecular complexity index is 898. The van der Waals surface area contributed by atoms with E-state index in [1.54, 1.807) is 22.3 Å². The molecule has 2 N–H and O–H groups in total. The van der Waals surface area contributed by atoms with Crippen molar-refractivity contribution in [3.05, 3.63) is 54.1 Å². The lowest BCUT2D eigenvalue weighted by Crippen LogP contribution is -2.30. The minimum atomic E-state index is -0.741. The first-order valence-corrected chi connectivity index (χ1v) is 7.74. The Labute approximate surface area is 140 Å². The number of hydrogen-bond donors (Lipinski definition) is 2. The molecule has 6 nitrogen and oxygen atoms in total. The number of para-hydroxylation sites is 4. The first-order chi connectivity index (χ1) is 11.6. The third-order valence-corrected chi connectivity index (χ3v) is 4.00. The van der Waals surface area contributed by atoms with Crippen LogP contribution in [0.4, 0.5) is 0 Å². The molecule has 0 radical (unpaired) electrons. The maximum atomic E-state index is 10.3. The zero-order chi connectivity index (χ0) is 17.1. The molecular weight excluding hydrogens is 306 g/mol. The Hall–Kier alpha value is -2.73. The Balaban J connectivity index is 1.75. The Morgan fingerprint density at radius 2 is 1.67 bits per heavy atom. The summed E-state index contributed by atoms with van der Waals surface area (Å²) in [6.45, 7) is 0.408. The Morgan fingerprint density at radius 3 is 2.38 bits per heavy atom. The van der Waals surface area contributed by atoms with Crippen LogP contribution in [0.25, 0.3) is 11.0 Å². The van der Waals surface area contributed by atoms with E-state index in [0.29, 0.717) is 17.1 Å². The van der Waals surface area contributed by atoms with E-state index in [9.17, 15) is 5.11 Å². The number of imidazole rings is 1. The fourth-order valence-electron chi connectivity index (χ4n) is 2.76. The van der Waals surface area contributed by atoms with Gasteiger partial charge in [-0.05, 0) is 24.3 Å². The van der Waals surface area contributed by atoms with E-state index >= 15 is 0 Å². The summed E-state index contributed by atoms with van der Waals surface area (Å²) in [7, 11) is 3.43. The van der Waals surface area contributed by atoms with Crippen molar-refractivity contribution >= 4 is 11.0 Å². The van der Waals surface area contributed by atoms with Crippen LogP contribution in [0.15, 0.2) is 48.5 Å². The molecular formula is C18H21N3O3. The maximum Gasteiger partial charge on any atom is 0.202 e. The molecule has 2 aromatic carbocycles. The predicted octanol–water partition coefficient (Wildman–Crippen LogP) is 1.91. The summed E-state index contributed by atoms with van der Waals surface area (Å²) in [5, 5.41) is 18.6. The summed E-state index contributed by atoms with van der Waals surface area (Å²) in [5.41, 5.74) is 2.22. The number of aliphatic hydroxyl groups is 1. The number of nitrogens with one attached hydrogen (secondary N) is 1. The zero-order valence-electron chi connectivity index (χ0n) is 13.8. The van der Waals surface area contributed by atoms with Crippen LogP contribution in [0, 0.1) is 5.41 Å². The number of aromatic nitrogens is 2. The average Bonchev–Trinajstić information content (AvgIpc) is 2.85. The second-order valence-electron chi connectivity index (χ2n) is 5.60. The van der Waals surface area contributed by atoms with Gasteiger partial charge < -0.3 is 23.7 Å². The zero-order valence-corrected chi connectivity index (χ0v) is 13.8. The molecule has 1 unspecified atom stereocenters. The van der Waals surface area contributed by atoms with Crippen LogP contribution in [0.5, 0.6) is 11.5 Å². The Morgan fingerprint density at radius 1 is 1.04 bits per heavy atom. The lowest BCUT2D eigenvalue weighted by molar-refractivity contribution is 0.0906. The second kappa shape index (κ2) is 6.80. The highest BCUT2D eigenvalue weighted by molar-refractivity contribution is 5.75. The summed E-state index contributed by atoms with van der Waals surface area (Å²) in [5.74, 6) is 1.22. The fraction of sp³-hybridized carbons (Fsp3) is 0.278. The van der Waals surface area contributed by atoms with Crippen LogP contribution in [0.1, 0.15) is 0 Å². The van der Waals surface area contributed by atoms with E-state index in [1.807, 2.05) is 49.5 Å². The van der Waals surface area contributed by atoms with Crippen LogP contribution >= 0.6 is 0 Å². The SMILES string of the molecule is COc1ccccc1OCC(O)Cn1c(=N)n(C)c2ccccc21. The highest BCUT2D eigenvalue weighted by atomic mass is 16.5. The second-order valence-corrected chi connectivity index (χ2v) is 5.60. The minimum Gasteiger partial charge on any atom is -0.493 e. The monoisotopic (exact) mass is 327 g/mol. The van der Waals surface area contributed by atoms with Crippen LogP contribution in [0.2, 0.25) is 0 Å². The molecule has 0 spiro atoms. The topological polar surface area (TPSA) is 72.4 Å². The molecule has 3 aromatic rings. The molecule has 0 bridgehead atoms. The van der Waals surface area contributed by atoms with Crippen molar-refractivity contribution in [2.75, 3.05) is 13.7 Å². The molecule has 0 fully saturated rings. The molecule has 1 aromatic heterocycles. The van der Waals surface area contributed by atoms with Gasteiger partial charge in [-0.2, -0.15) is 0 Å². The molecule has 6 heteroatoms. The van der Waals surface area contributed by atoms with Gasteiger partial charge in [0.2, 0.25) is 5.62 Å². The average molecular weight is 327 g/mol. The summed E-state index contributed by atoms with van der Waals surface area (Å²) in [4.78, 5) is 0. The molecule has 0 aliphatic rings. The van der Waals surface area contributed by atoms with E-state index in [-0.39, 0.29) is 13.2 Å². The van der Waals surface area contributed by atoms with E-state index in [4.69, 9.17) is 14.9 Å². The van der Waals surface area contributed by atoms with Crippen molar-refractivity contribution in [3.8, 4) is 11.5 Å². The van der Waals surface area contributed by atoms with Crippen LogP contribution < -0.4 is 15.1 Å². The number of aryl methyl sites for hydroxylation is 1. The van der Waals surface area contributed by atoms with E-state index in [1.165, 1.54) is 0 Å². The van der Waals surface area contributed by atoms with E-state index < -0.39 is 6.10 Å². The third-order valence-electron chi connectivity index (χ3n) is 4.00. The van der Waals surface area contributed by atoms with Crippen LogP contribution in [-0.4, -0.2) is 34.1 Å². The Kier molecular flexibility index (Phi) is 4.57. The van der Waals surface area contributed by atoms with Gasteiger partial charge >= 0.3 is 0 Å². The van der Waals surface area contributed by atoms with Gasteiger partial charge in [0.05, 0.1) is 24.7 Å². The van der Waals surface area contributed by atoms with Crippen molar-refractivity contribution < 1.29 is 14.6 Å². The molecule has 3 rings (SSSR count). The van der Waals surface area contributed by atoms with Gasteiger partial charge in [0, 0.05) is 7.05 Å². The van der Waals surface area contributed by atoms with Gasteiger partial charge in [0.25, 0.3) is 0 Å². The highest BCUT2D eigenvalue weighted by Gasteiger charge is 2.13. The van der Waals surface area contributed by atoms with E-state index in [2.05, 4.69) is 0 Å². The molecule has 0 aliphatic carbocycles. The maximum absolute atomic E-state index is 10.3. The van der Waals surface area contributed by atoms with Gasteiger partial charge in [-0.15, -0.1) is 0 Å². The normalized spacial score (nSPS) is 12.3. The molecule has 0 saturated carbocycles. The van der Waals surface area contributed by atoms with Gasteiger partial charge in [-0.1, -0.05) is 24.3 Å². The van der Waals surface area contributed by atoms with Crippen molar-refractivity contribution in [1.29, 1.82) is 5.41 Å². The molecule has 1 heterocycles. The summed E-state index contributed by atoms with van der Waals surface area (Å²) < 4.78 is 14.5. The number of ether oxygens (including phenoxy) is 2. The number of hydrogen-bond acceptors (Lipinski definition) is 4. The largest absolute Gasteiger partial charge is 0.493 e. The van der Waals surface area contributed by atoms with Gasteiger partial charge in [-0.25, -0.2) is 0 Å². The van der Waals surface area contributed by atoms with Crippen LogP contribution in [0.3, 0.4) is 0 Å². The molecule has 0 aliphatic heterocycles. The number of nitrogens with zero attached hydrogens (tertiary/aromatic N) is 2. The van der Waals surface area contributed by atoms with Crippen molar-refractivity contribution in [2.45, 2.75) is 12.6 Å². The number of aliphatic hydroxyl groups excluding tert-OH is 1. The minimum absolute atomic E-state index is 0.121. The summed E-state index contributed by atoms with van der Waals surface area (Å²) >= 11 is 0. The number of benzene rings is 2. The smallest absolute Gasteiger partial charge is 0.202 e. The van der Waals surface area contributed by atoms with Gasteiger partial charge in [-0.3, -0.25) is 5.41 Å². The number of fused-ring (bicyclic) bond motifs is 1. The summed E-state index contributed by atoms with van der Waals surface area (Å²) in [6, 6.07) is 15.1. The van der Waals surface area contributed by atoms with Crippen molar-refractivity contribution in [1.82, 2.24) is 9.13 Å². The molecule has 0 saturated heterocycles. The lowest BCUT2D eigenvalue weighted by Gasteiger charge is -2.15. The van der Waals surface area contributed by atoms with E-state index in [0.717, 1.165) is 11.0 Å².